The van der Waals surface area contributed by atoms with Gasteiger partial charge in [-0.1, -0.05) is 23.7 Å². The van der Waals surface area contributed by atoms with Crippen molar-refractivity contribution in [2.24, 2.45) is 0 Å². The molecule has 0 bridgehead atoms. The molecule has 0 amide bonds. The Morgan fingerprint density at radius 3 is 2.32 bits per heavy atom. The van der Waals surface area contributed by atoms with Crippen LogP contribution in [0, 0.1) is 5.82 Å². The maximum absolute atomic E-state index is 13.3. The molecular formula is C27H24ClFN6O5S. The second-order valence-electron chi connectivity index (χ2n) is 8.68. The Labute approximate surface area is 239 Å². The molecule has 1 aromatic carbocycles. The average molecular weight is 599 g/mol. The number of ether oxygens (including phenoxy) is 3. The number of hydrogen-bond acceptors (Lipinski definition) is 10. The van der Waals surface area contributed by atoms with Crippen LogP contribution in [0.25, 0.3) is 28.5 Å². The molecule has 0 saturated heterocycles. The fourth-order valence-corrected chi connectivity index (χ4v) is 5.79. The third-order valence-electron chi connectivity index (χ3n) is 5.90. The summed E-state index contributed by atoms with van der Waals surface area (Å²) in [5, 5.41) is -0.132. The van der Waals surface area contributed by atoms with E-state index < -0.39 is 27.2 Å². The number of aromatic nitrogens is 6. The van der Waals surface area contributed by atoms with Crippen LogP contribution in [0.1, 0.15) is 18.3 Å². The topological polar surface area (TPSA) is 131 Å². The van der Waals surface area contributed by atoms with Gasteiger partial charge in [-0.25, -0.2) is 32.7 Å². The SMILES string of the molecule is CCOc1cccc(-c2nc3nc(Cl)c(CS(=O)(=O)Cc4ccc(F)cn4)nc3n2-c2c(OC)cccc2OC)n1. The highest BCUT2D eigenvalue weighted by molar-refractivity contribution is 7.89. The smallest absolute Gasteiger partial charge is 0.213 e. The second kappa shape index (κ2) is 11.6. The van der Waals surface area contributed by atoms with Crippen molar-refractivity contribution in [3.8, 4) is 34.6 Å². The lowest BCUT2D eigenvalue weighted by atomic mass is 10.2. The standard InChI is InChI=1S/C27H24ClFN6O5S/c1-4-40-22-10-5-7-18(31-22)26-34-25-27(35(26)23-20(38-2)8-6-9-21(23)39-3)32-19(24(28)33-25)15-41(36,37)14-17-12-11-16(29)13-30-17/h5-13H,4,14-15H2,1-3H3. The maximum atomic E-state index is 13.3. The molecule has 0 fully saturated rings. The quantitative estimate of drug-likeness (QED) is 0.225. The summed E-state index contributed by atoms with van der Waals surface area (Å²) < 4.78 is 57.9. The van der Waals surface area contributed by atoms with Crippen LogP contribution < -0.4 is 14.2 Å². The Morgan fingerprint density at radius 1 is 0.927 bits per heavy atom. The zero-order valence-electron chi connectivity index (χ0n) is 22.2. The number of halogens is 2. The summed E-state index contributed by atoms with van der Waals surface area (Å²) in [5.41, 5.74) is 1.39. The first-order valence-electron chi connectivity index (χ1n) is 12.3. The molecule has 0 unspecified atom stereocenters. The van der Waals surface area contributed by atoms with E-state index in [1.54, 1.807) is 41.0 Å². The molecule has 4 aromatic heterocycles. The van der Waals surface area contributed by atoms with Crippen LogP contribution in [0.5, 0.6) is 17.4 Å². The largest absolute Gasteiger partial charge is 0.494 e. The van der Waals surface area contributed by atoms with Crippen LogP contribution in [0.4, 0.5) is 4.39 Å². The van der Waals surface area contributed by atoms with Gasteiger partial charge >= 0.3 is 0 Å². The molecule has 0 aliphatic rings. The number of fused-ring (bicyclic) bond motifs is 1. The summed E-state index contributed by atoms with van der Waals surface area (Å²) in [7, 11) is -0.814. The minimum Gasteiger partial charge on any atom is -0.494 e. The Kier molecular flexibility index (Phi) is 7.99. The van der Waals surface area contributed by atoms with Crippen molar-refractivity contribution in [3.63, 3.8) is 0 Å². The fourth-order valence-electron chi connectivity index (χ4n) is 4.18. The lowest BCUT2D eigenvalue weighted by Crippen LogP contribution is -2.12. The molecule has 212 valence electrons. The van der Waals surface area contributed by atoms with Crippen LogP contribution in [0.2, 0.25) is 5.15 Å². The van der Waals surface area contributed by atoms with Gasteiger partial charge in [0.2, 0.25) is 5.88 Å². The van der Waals surface area contributed by atoms with Gasteiger partial charge in [0.25, 0.3) is 0 Å². The lowest BCUT2D eigenvalue weighted by Gasteiger charge is -2.16. The van der Waals surface area contributed by atoms with Gasteiger partial charge in [0.05, 0.1) is 49.9 Å². The number of rotatable bonds is 10. The normalized spacial score (nSPS) is 11.5. The zero-order valence-corrected chi connectivity index (χ0v) is 23.8. The minimum atomic E-state index is -3.83. The highest BCUT2D eigenvalue weighted by Gasteiger charge is 2.26. The van der Waals surface area contributed by atoms with E-state index in [1.807, 2.05) is 6.92 Å². The molecule has 4 heterocycles. The van der Waals surface area contributed by atoms with Gasteiger partial charge in [0.1, 0.15) is 28.7 Å². The summed E-state index contributed by atoms with van der Waals surface area (Å²) in [6.45, 7) is 2.26. The van der Waals surface area contributed by atoms with Crippen LogP contribution in [0.3, 0.4) is 0 Å². The Hall–Kier alpha value is -4.36. The third-order valence-corrected chi connectivity index (χ3v) is 7.65. The molecule has 0 atom stereocenters. The van der Waals surface area contributed by atoms with Crippen molar-refractivity contribution in [3.05, 3.63) is 77.1 Å². The van der Waals surface area contributed by atoms with Crippen LogP contribution in [0.15, 0.2) is 54.7 Å². The van der Waals surface area contributed by atoms with Gasteiger partial charge < -0.3 is 14.2 Å². The zero-order chi connectivity index (χ0) is 29.1. The molecule has 0 N–H and O–H groups in total. The first-order chi connectivity index (χ1) is 19.7. The average Bonchev–Trinajstić information content (AvgIpc) is 3.31. The fraction of sp³-hybridized carbons (Fsp3) is 0.222. The minimum absolute atomic E-state index is 0.00105. The first-order valence-corrected chi connectivity index (χ1v) is 14.5. The first kappa shape index (κ1) is 28.2. The van der Waals surface area contributed by atoms with E-state index in [1.165, 1.54) is 20.3 Å². The second-order valence-corrected chi connectivity index (χ2v) is 11.1. The number of imidazole rings is 1. The number of pyridine rings is 2. The monoisotopic (exact) mass is 598 g/mol. The van der Waals surface area contributed by atoms with E-state index in [0.29, 0.717) is 41.2 Å². The van der Waals surface area contributed by atoms with Gasteiger partial charge in [0, 0.05) is 6.07 Å². The van der Waals surface area contributed by atoms with Gasteiger partial charge in [-0.05, 0) is 37.3 Å². The Bertz CT molecular complexity index is 1810. The van der Waals surface area contributed by atoms with E-state index in [2.05, 4.69) is 24.9 Å². The molecule has 0 aliphatic carbocycles. The molecule has 0 saturated carbocycles. The molecule has 5 rings (SSSR count). The number of para-hydroxylation sites is 1. The molecule has 41 heavy (non-hydrogen) atoms. The number of sulfone groups is 1. The van der Waals surface area contributed by atoms with Crippen LogP contribution in [-0.2, 0) is 21.3 Å². The highest BCUT2D eigenvalue weighted by atomic mass is 35.5. The van der Waals surface area contributed by atoms with Crippen molar-refractivity contribution in [2.75, 3.05) is 20.8 Å². The molecule has 14 heteroatoms. The number of hydrogen-bond donors (Lipinski definition) is 0. The van der Waals surface area contributed by atoms with E-state index in [0.717, 1.165) is 12.3 Å². The van der Waals surface area contributed by atoms with Crippen molar-refractivity contribution in [2.45, 2.75) is 18.4 Å². The number of methoxy groups -OCH3 is 2. The summed E-state index contributed by atoms with van der Waals surface area (Å²) >= 11 is 6.43. The summed E-state index contributed by atoms with van der Waals surface area (Å²) in [4.78, 5) is 22.1. The molecule has 0 radical (unpaired) electrons. The maximum Gasteiger partial charge on any atom is 0.213 e. The number of benzene rings is 1. The van der Waals surface area contributed by atoms with Gasteiger partial charge in [-0.15, -0.1) is 0 Å². The van der Waals surface area contributed by atoms with Gasteiger partial charge in [-0.3, -0.25) is 9.55 Å². The predicted molar refractivity (Wildman–Crippen MR) is 150 cm³/mol. The van der Waals surface area contributed by atoms with Crippen molar-refractivity contribution < 1.29 is 27.0 Å². The molecule has 11 nitrogen and oxygen atoms in total. The molecule has 0 aliphatic heterocycles. The third kappa shape index (κ3) is 5.91. The number of nitrogens with zero attached hydrogens (tertiary/aromatic N) is 6. The predicted octanol–water partition coefficient (Wildman–Crippen LogP) is 4.60. The van der Waals surface area contributed by atoms with E-state index >= 15 is 0 Å². The Morgan fingerprint density at radius 2 is 1.66 bits per heavy atom. The molecular weight excluding hydrogens is 575 g/mol. The van der Waals surface area contributed by atoms with Gasteiger partial charge in [-0.2, -0.15) is 0 Å². The highest BCUT2D eigenvalue weighted by Crippen LogP contribution is 2.38. The lowest BCUT2D eigenvalue weighted by molar-refractivity contribution is 0.327. The van der Waals surface area contributed by atoms with E-state index in [9.17, 15) is 12.8 Å². The summed E-state index contributed by atoms with van der Waals surface area (Å²) in [6.07, 6.45) is 0.957. The van der Waals surface area contributed by atoms with Crippen LogP contribution in [-0.4, -0.2) is 58.7 Å². The summed E-state index contributed by atoms with van der Waals surface area (Å²) in [5.74, 6) is 0.00488. The van der Waals surface area contributed by atoms with Crippen LogP contribution >= 0.6 is 11.6 Å². The van der Waals surface area contributed by atoms with E-state index in [4.69, 9.17) is 25.8 Å². The molecule has 0 spiro atoms. The molecule has 5 aromatic rings. The Balaban J connectivity index is 1.70. The van der Waals surface area contributed by atoms with Crippen molar-refractivity contribution in [1.82, 2.24) is 29.5 Å². The summed E-state index contributed by atoms with van der Waals surface area (Å²) in [6, 6.07) is 12.9. The van der Waals surface area contributed by atoms with Crippen molar-refractivity contribution in [1.29, 1.82) is 0 Å². The van der Waals surface area contributed by atoms with E-state index in [-0.39, 0.29) is 27.8 Å². The van der Waals surface area contributed by atoms with Gasteiger partial charge in [0.15, 0.2) is 32.1 Å². The van der Waals surface area contributed by atoms with Crippen molar-refractivity contribution >= 4 is 32.7 Å².